The van der Waals surface area contributed by atoms with Crippen molar-refractivity contribution in [2.45, 2.75) is 33.8 Å². The SMILES string of the molecule is C=CCc1cc(/C=C2\SC(=NCC)N(CC)C2=O)cc(OCC)c1OCc1ccc(I)cc1. The van der Waals surface area contributed by atoms with Crippen molar-refractivity contribution in [2.24, 2.45) is 4.99 Å². The smallest absolute Gasteiger partial charge is 0.266 e. The topological polar surface area (TPSA) is 51.1 Å². The molecular weight excluding hydrogens is 547 g/mol. The predicted molar refractivity (Wildman–Crippen MR) is 146 cm³/mol. The van der Waals surface area contributed by atoms with Crippen LogP contribution in [0.15, 0.2) is 59.0 Å². The van der Waals surface area contributed by atoms with E-state index in [2.05, 4.69) is 58.4 Å². The second-order valence-corrected chi connectivity index (χ2v) is 9.52. The van der Waals surface area contributed by atoms with Crippen LogP contribution in [0.1, 0.15) is 37.5 Å². The number of amides is 1. The number of ether oxygens (including phenoxy) is 2. The van der Waals surface area contributed by atoms with Gasteiger partial charge in [-0.25, -0.2) is 0 Å². The Balaban J connectivity index is 1.96. The second-order valence-electron chi connectivity index (χ2n) is 7.27. The van der Waals surface area contributed by atoms with Gasteiger partial charge in [0.2, 0.25) is 0 Å². The molecule has 0 radical (unpaired) electrons. The van der Waals surface area contributed by atoms with Gasteiger partial charge in [-0.3, -0.25) is 14.7 Å². The number of halogens is 1. The van der Waals surface area contributed by atoms with Crippen molar-refractivity contribution in [2.75, 3.05) is 19.7 Å². The lowest BCUT2D eigenvalue weighted by Gasteiger charge is -2.17. The van der Waals surface area contributed by atoms with E-state index >= 15 is 0 Å². The molecule has 0 aliphatic carbocycles. The number of carbonyl (C=O) groups is 1. The monoisotopic (exact) mass is 576 g/mol. The first kappa shape index (κ1) is 25.4. The van der Waals surface area contributed by atoms with Gasteiger partial charge in [-0.2, -0.15) is 0 Å². The van der Waals surface area contributed by atoms with Crippen LogP contribution < -0.4 is 9.47 Å². The highest BCUT2D eigenvalue weighted by Gasteiger charge is 2.32. The molecule has 7 heteroatoms. The maximum Gasteiger partial charge on any atom is 0.266 e. The van der Waals surface area contributed by atoms with Crippen LogP contribution in [-0.4, -0.2) is 35.7 Å². The van der Waals surface area contributed by atoms with Crippen LogP contribution in [0.5, 0.6) is 11.5 Å². The Hall–Kier alpha value is -2.26. The Morgan fingerprint density at radius 1 is 1.15 bits per heavy atom. The number of amidine groups is 1. The third-order valence-electron chi connectivity index (χ3n) is 4.91. The standard InChI is InChI=1S/C26H29IN2O3S/c1-5-9-20-14-19(16-23-25(30)29(7-3)26(33-23)28-6-2)15-22(31-8-4)24(20)32-17-18-10-12-21(27)13-11-18/h5,10-16H,1,6-9,17H2,2-4H3/b23-16-,28-26?. The molecule has 2 aromatic carbocycles. The summed E-state index contributed by atoms with van der Waals surface area (Å²) in [5.41, 5.74) is 2.95. The number of carbonyl (C=O) groups excluding carboxylic acids is 1. The van der Waals surface area contributed by atoms with Crippen molar-refractivity contribution in [1.29, 1.82) is 0 Å². The number of benzene rings is 2. The number of nitrogens with zero attached hydrogens (tertiary/aromatic N) is 2. The largest absolute Gasteiger partial charge is 0.490 e. The summed E-state index contributed by atoms with van der Waals surface area (Å²) >= 11 is 3.71. The van der Waals surface area contributed by atoms with Crippen LogP contribution in [0, 0.1) is 3.57 Å². The molecule has 3 rings (SSSR count). The van der Waals surface area contributed by atoms with Crippen LogP contribution >= 0.6 is 34.4 Å². The number of allylic oxidation sites excluding steroid dienone is 1. The molecule has 0 saturated carbocycles. The summed E-state index contributed by atoms with van der Waals surface area (Å²) in [6, 6.07) is 12.2. The van der Waals surface area contributed by atoms with E-state index in [-0.39, 0.29) is 5.91 Å². The maximum absolute atomic E-state index is 12.9. The normalized spacial score (nSPS) is 16.0. The highest BCUT2D eigenvalue weighted by atomic mass is 127. The van der Waals surface area contributed by atoms with Gasteiger partial charge >= 0.3 is 0 Å². The third-order valence-corrected chi connectivity index (χ3v) is 6.67. The fraction of sp³-hybridized carbons (Fsp3) is 0.308. The molecule has 0 aromatic heterocycles. The summed E-state index contributed by atoms with van der Waals surface area (Å²) in [6.45, 7) is 12.0. The van der Waals surface area contributed by atoms with Gasteiger partial charge in [0.05, 0.1) is 11.5 Å². The molecule has 0 spiro atoms. The number of thioether (sulfide) groups is 1. The number of likely N-dealkylation sites (N-methyl/N-ethyl adjacent to an activating group) is 1. The minimum atomic E-state index is -0.0167. The zero-order valence-corrected chi connectivity index (χ0v) is 22.2. The minimum Gasteiger partial charge on any atom is -0.490 e. The van der Waals surface area contributed by atoms with E-state index in [1.54, 1.807) is 4.90 Å². The Bertz CT molecular complexity index is 1060. The molecular formula is C26H29IN2O3S. The summed E-state index contributed by atoms with van der Waals surface area (Å²) in [5, 5.41) is 0.755. The second kappa shape index (κ2) is 12.3. The first-order valence-electron chi connectivity index (χ1n) is 11.0. The average molecular weight is 577 g/mol. The summed E-state index contributed by atoms with van der Waals surface area (Å²) in [6.07, 6.45) is 4.38. The molecule has 174 valence electrons. The van der Waals surface area contributed by atoms with E-state index in [1.807, 2.05) is 45.1 Å². The lowest BCUT2D eigenvalue weighted by molar-refractivity contribution is -0.122. The van der Waals surface area contributed by atoms with Crippen LogP contribution in [-0.2, 0) is 17.8 Å². The highest BCUT2D eigenvalue weighted by molar-refractivity contribution is 14.1. The van der Waals surface area contributed by atoms with Gasteiger partial charge < -0.3 is 9.47 Å². The zero-order chi connectivity index (χ0) is 23.8. The Morgan fingerprint density at radius 2 is 1.91 bits per heavy atom. The maximum atomic E-state index is 12.9. The van der Waals surface area contributed by atoms with Crippen LogP contribution in [0.3, 0.4) is 0 Å². The van der Waals surface area contributed by atoms with Gasteiger partial charge in [0.25, 0.3) is 5.91 Å². The first-order chi connectivity index (χ1) is 16.0. The van der Waals surface area contributed by atoms with Crippen molar-refractivity contribution in [3.05, 3.63) is 74.2 Å². The first-order valence-corrected chi connectivity index (χ1v) is 12.9. The molecule has 1 amide bonds. The summed E-state index contributed by atoms with van der Waals surface area (Å²) < 4.78 is 13.4. The Morgan fingerprint density at radius 3 is 2.55 bits per heavy atom. The van der Waals surface area contributed by atoms with Crippen molar-refractivity contribution in [3.8, 4) is 11.5 Å². The van der Waals surface area contributed by atoms with E-state index in [1.165, 1.54) is 15.3 Å². The summed E-state index contributed by atoms with van der Waals surface area (Å²) in [7, 11) is 0. The van der Waals surface area contributed by atoms with Gasteiger partial charge in [0.1, 0.15) is 6.61 Å². The lowest BCUT2D eigenvalue weighted by atomic mass is 10.0. The van der Waals surface area contributed by atoms with Crippen molar-refractivity contribution < 1.29 is 14.3 Å². The van der Waals surface area contributed by atoms with E-state index in [4.69, 9.17) is 9.47 Å². The number of hydrogen-bond acceptors (Lipinski definition) is 5. The molecule has 0 N–H and O–H groups in total. The summed E-state index contributed by atoms with van der Waals surface area (Å²) in [4.78, 5) is 19.7. The van der Waals surface area contributed by atoms with Crippen molar-refractivity contribution >= 4 is 51.5 Å². The number of rotatable bonds is 10. The molecule has 1 saturated heterocycles. The molecule has 0 unspecified atom stereocenters. The molecule has 1 aliphatic rings. The van der Waals surface area contributed by atoms with Gasteiger partial charge in [0.15, 0.2) is 16.7 Å². The van der Waals surface area contributed by atoms with Crippen LogP contribution in [0.4, 0.5) is 0 Å². The molecule has 1 fully saturated rings. The van der Waals surface area contributed by atoms with Gasteiger partial charge in [0, 0.05) is 22.2 Å². The fourth-order valence-corrected chi connectivity index (χ4v) is 4.89. The molecule has 1 heterocycles. The minimum absolute atomic E-state index is 0.0167. The molecule has 2 aromatic rings. The zero-order valence-electron chi connectivity index (χ0n) is 19.3. The van der Waals surface area contributed by atoms with Gasteiger partial charge in [-0.15, -0.1) is 6.58 Å². The Labute approximate surface area is 214 Å². The Kier molecular flexibility index (Phi) is 9.43. The lowest BCUT2D eigenvalue weighted by Crippen LogP contribution is -2.28. The quantitative estimate of drug-likeness (QED) is 0.189. The molecule has 0 bridgehead atoms. The fourth-order valence-electron chi connectivity index (χ4n) is 3.43. The predicted octanol–water partition coefficient (Wildman–Crippen LogP) is 6.31. The third kappa shape index (κ3) is 6.41. The van der Waals surface area contributed by atoms with E-state index in [0.717, 1.165) is 21.9 Å². The number of aliphatic imine (C=N–C) groups is 1. The molecule has 1 aliphatic heterocycles. The van der Waals surface area contributed by atoms with E-state index in [0.29, 0.717) is 49.1 Å². The van der Waals surface area contributed by atoms with Gasteiger partial charge in [-0.1, -0.05) is 18.2 Å². The molecule has 5 nitrogen and oxygen atoms in total. The van der Waals surface area contributed by atoms with E-state index in [9.17, 15) is 4.79 Å². The highest BCUT2D eigenvalue weighted by Crippen LogP contribution is 2.37. The summed E-state index contributed by atoms with van der Waals surface area (Å²) in [5.74, 6) is 1.36. The van der Waals surface area contributed by atoms with Crippen LogP contribution in [0.25, 0.3) is 6.08 Å². The number of hydrogen-bond donors (Lipinski definition) is 0. The van der Waals surface area contributed by atoms with Crippen molar-refractivity contribution in [1.82, 2.24) is 4.90 Å². The van der Waals surface area contributed by atoms with E-state index < -0.39 is 0 Å². The van der Waals surface area contributed by atoms with Crippen molar-refractivity contribution in [3.63, 3.8) is 0 Å². The average Bonchev–Trinajstić information content (AvgIpc) is 3.09. The molecule has 33 heavy (non-hydrogen) atoms. The van der Waals surface area contributed by atoms with Crippen LogP contribution in [0.2, 0.25) is 0 Å². The van der Waals surface area contributed by atoms with Gasteiger partial charge in [-0.05, 0) is 103 Å². The molecule has 0 atom stereocenters.